The number of hydrogen-bond donors (Lipinski definition) is 0. The number of hydrogen-bond acceptors (Lipinski definition) is 2. The summed E-state index contributed by atoms with van der Waals surface area (Å²) in [6, 6.07) is 0. The Morgan fingerprint density at radius 3 is 2.64 bits per heavy atom. The summed E-state index contributed by atoms with van der Waals surface area (Å²) in [6.45, 7) is 3.59. The lowest BCUT2D eigenvalue weighted by molar-refractivity contribution is -0.148. The number of carbonyl (C=O) groups is 1. The molecule has 0 aliphatic rings. The van der Waals surface area contributed by atoms with Crippen molar-refractivity contribution < 1.29 is 14.6 Å². The highest BCUT2D eigenvalue weighted by atomic mass is 16.5. The van der Waals surface area contributed by atoms with Gasteiger partial charge in [0, 0.05) is 6.42 Å². The Balaban J connectivity index is 3.36. The Labute approximate surface area is 67.4 Å². The van der Waals surface area contributed by atoms with Gasteiger partial charge in [0.1, 0.15) is 0 Å². The maximum absolute atomic E-state index is 10.8. The molecule has 0 heterocycles. The average molecular weight is 159 g/mol. The number of rotatable bonds is 5. The highest BCUT2D eigenvalue weighted by molar-refractivity contribution is 5.69. The van der Waals surface area contributed by atoms with Crippen LogP contribution < -0.4 is 0 Å². The lowest BCUT2D eigenvalue weighted by atomic mass is 10.3. The summed E-state index contributed by atoms with van der Waals surface area (Å²) in [6.07, 6.45) is 1.45. The van der Waals surface area contributed by atoms with Crippen molar-refractivity contribution in [2.75, 3.05) is 6.61 Å². The molecule has 11 heavy (non-hydrogen) atoms. The van der Waals surface area contributed by atoms with Gasteiger partial charge in [-0.2, -0.15) is 0 Å². The smallest absolute Gasteiger partial charge is 0.306 e. The molecule has 0 bridgehead atoms. The van der Waals surface area contributed by atoms with Gasteiger partial charge in [-0.05, 0) is 19.8 Å². The Morgan fingerprint density at radius 2 is 2.18 bits per heavy atom. The largest absolute Gasteiger partial charge is 0.463 e. The maximum atomic E-state index is 10.8. The third kappa shape index (κ3) is 5.85. The molecule has 3 nitrogen and oxygen atoms in total. The minimum Gasteiger partial charge on any atom is -0.463 e. The molecule has 0 spiro atoms. The molecule has 1 atom stereocenters. The monoisotopic (exact) mass is 159 g/mol. The molecule has 0 N–H and O–H groups in total. The second-order valence-electron chi connectivity index (χ2n) is 2.52. The van der Waals surface area contributed by atoms with Crippen molar-refractivity contribution in [3.63, 3.8) is 0 Å². The second-order valence-corrected chi connectivity index (χ2v) is 2.52. The highest BCUT2D eigenvalue weighted by Crippen LogP contribution is 1.99. The van der Waals surface area contributed by atoms with E-state index in [0.29, 0.717) is 6.42 Å². The molecule has 65 valence electrons. The maximum Gasteiger partial charge on any atom is 0.306 e. The van der Waals surface area contributed by atoms with Crippen LogP contribution in [0.4, 0.5) is 0 Å². The van der Waals surface area contributed by atoms with Gasteiger partial charge in [0.2, 0.25) is 0 Å². The van der Waals surface area contributed by atoms with Gasteiger partial charge in [-0.15, -0.1) is 0 Å². The van der Waals surface area contributed by atoms with Gasteiger partial charge in [-0.3, -0.25) is 4.79 Å². The van der Waals surface area contributed by atoms with Crippen molar-refractivity contribution in [2.24, 2.45) is 0 Å². The minimum atomic E-state index is -0.254. The van der Waals surface area contributed by atoms with Crippen LogP contribution >= 0.6 is 0 Å². The quantitative estimate of drug-likeness (QED) is 0.571. The fourth-order valence-electron chi connectivity index (χ4n) is 0.583. The molecule has 0 fully saturated rings. The van der Waals surface area contributed by atoms with E-state index in [1.54, 1.807) is 0 Å². The van der Waals surface area contributed by atoms with Gasteiger partial charge in [-0.1, -0.05) is 6.92 Å². The topological polar surface area (TPSA) is 46.2 Å². The summed E-state index contributed by atoms with van der Waals surface area (Å²) in [5.74, 6) is -0.254. The zero-order chi connectivity index (χ0) is 8.69. The standard InChI is InChI=1S/C8H15O3/c1-3-7(2)11-8(10)5-4-6-9/h7H,3-6H2,1-2H3. The van der Waals surface area contributed by atoms with E-state index in [0.717, 1.165) is 6.42 Å². The van der Waals surface area contributed by atoms with Crippen molar-refractivity contribution in [1.29, 1.82) is 0 Å². The summed E-state index contributed by atoms with van der Waals surface area (Å²) >= 11 is 0. The van der Waals surface area contributed by atoms with Crippen LogP contribution in [0.2, 0.25) is 0 Å². The Kier molecular flexibility index (Phi) is 5.84. The first-order valence-corrected chi connectivity index (χ1v) is 3.98. The van der Waals surface area contributed by atoms with Crippen LogP contribution in [0.1, 0.15) is 33.1 Å². The molecule has 0 saturated carbocycles. The Hall–Kier alpha value is -0.570. The first-order valence-electron chi connectivity index (χ1n) is 3.98. The fourth-order valence-corrected chi connectivity index (χ4v) is 0.583. The van der Waals surface area contributed by atoms with Crippen molar-refractivity contribution >= 4 is 5.97 Å². The van der Waals surface area contributed by atoms with E-state index in [1.807, 2.05) is 13.8 Å². The summed E-state index contributed by atoms with van der Waals surface area (Å²) in [7, 11) is 0. The molecule has 1 unspecified atom stereocenters. The molecule has 0 aromatic carbocycles. The van der Waals surface area contributed by atoms with Crippen LogP contribution in [0.25, 0.3) is 0 Å². The van der Waals surface area contributed by atoms with Crippen molar-refractivity contribution in [2.45, 2.75) is 39.2 Å². The van der Waals surface area contributed by atoms with Crippen LogP contribution in [-0.2, 0) is 14.6 Å². The van der Waals surface area contributed by atoms with Crippen LogP contribution in [0.15, 0.2) is 0 Å². The third-order valence-electron chi connectivity index (χ3n) is 1.43. The van der Waals surface area contributed by atoms with Gasteiger partial charge >= 0.3 is 5.97 Å². The third-order valence-corrected chi connectivity index (χ3v) is 1.43. The molecular formula is C8H15O3. The summed E-state index contributed by atoms with van der Waals surface area (Å²) in [5, 5.41) is 9.98. The molecule has 0 aromatic rings. The van der Waals surface area contributed by atoms with Gasteiger partial charge in [-0.25, -0.2) is 5.11 Å². The highest BCUT2D eigenvalue weighted by Gasteiger charge is 2.06. The SMILES string of the molecule is CCC(C)OC(=O)CCC[O]. The van der Waals surface area contributed by atoms with Crippen LogP contribution in [-0.4, -0.2) is 18.7 Å². The van der Waals surface area contributed by atoms with Gasteiger partial charge in [0.05, 0.1) is 12.7 Å². The van der Waals surface area contributed by atoms with E-state index in [2.05, 4.69) is 0 Å². The van der Waals surface area contributed by atoms with E-state index < -0.39 is 0 Å². The molecular weight excluding hydrogens is 144 g/mol. The predicted molar refractivity (Wildman–Crippen MR) is 40.6 cm³/mol. The summed E-state index contributed by atoms with van der Waals surface area (Å²) in [5.41, 5.74) is 0. The van der Waals surface area contributed by atoms with Gasteiger partial charge < -0.3 is 4.74 Å². The van der Waals surface area contributed by atoms with Crippen molar-refractivity contribution in [1.82, 2.24) is 0 Å². The summed E-state index contributed by atoms with van der Waals surface area (Å²) in [4.78, 5) is 10.8. The first-order chi connectivity index (χ1) is 5.20. The fraction of sp³-hybridized carbons (Fsp3) is 0.875. The van der Waals surface area contributed by atoms with Crippen LogP contribution in [0, 0.1) is 0 Å². The van der Waals surface area contributed by atoms with Crippen LogP contribution in [0.3, 0.4) is 0 Å². The Morgan fingerprint density at radius 1 is 1.55 bits per heavy atom. The number of esters is 1. The Bertz CT molecular complexity index is 112. The lowest BCUT2D eigenvalue weighted by Crippen LogP contribution is -2.13. The van der Waals surface area contributed by atoms with Crippen LogP contribution in [0.5, 0.6) is 0 Å². The normalized spacial score (nSPS) is 12.6. The van der Waals surface area contributed by atoms with Crippen molar-refractivity contribution in [3.8, 4) is 0 Å². The average Bonchev–Trinajstić information content (AvgIpc) is 2.00. The number of ether oxygens (including phenoxy) is 1. The van der Waals surface area contributed by atoms with E-state index in [1.165, 1.54) is 0 Å². The van der Waals surface area contributed by atoms with E-state index in [4.69, 9.17) is 4.74 Å². The summed E-state index contributed by atoms with van der Waals surface area (Å²) < 4.78 is 4.92. The number of carbonyl (C=O) groups excluding carboxylic acids is 1. The zero-order valence-corrected chi connectivity index (χ0v) is 7.13. The first kappa shape index (κ1) is 10.4. The molecule has 1 radical (unpaired) electrons. The molecule has 0 aliphatic carbocycles. The molecule has 0 aromatic heterocycles. The zero-order valence-electron chi connectivity index (χ0n) is 7.13. The molecule has 0 saturated heterocycles. The molecule has 3 heteroatoms. The molecule has 0 amide bonds. The van der Waals surface area contributed by atoms with E-state index in [9.17, 15) is 9.90 Å². The molecule has 0 rings (SSSR count). The minimum absolute atomic E-state index is 0.0193. The lowest BCUT2D eigenvalue weighted by Gasteiger charge is -2.09. The van der Waals surface area contributed by atoms with E-state index in [-0.39, 0.29) is 25.1 Å². The predicted octanol–water partition coefficient (Wildman–Crippen LogP) is 1.54. The van der Waals surface area contributed by atoms with Crippen molar-refractivity contribution in [3.05, 3.63) is 0 Å². The second kappa shape index (κ2) is 6.16. The molecule has 0 aliphatic heterocycles. The van der Waals surface area contributed by atoms with E-state index >= 15 is 0 Å². The van der Waals surface area contributed by atoms with Gasteiger partial charge in [0.15, 0.2) is 0 Å². The van der Waals surface area contributed by atoms with Gasteiger partial charge in [0.25, 0.3) is 0 Å².